The maximum Gasteiger partial charge on any atom is 0.472 e. The predicted octanol–water partition coefficient (Wildman–Crippen LogP) is 7.12. The highest BCUT2D eigenvalue weighted by atomic mass is 31.2. The first-order valence-electron chi connectivity index (χ1n) is 15.4. The van der Waals surface area contributed by atoms with E-state index in [0.29, 0.717) is 11.0 Å². The van der Waals surface area contributed by atoms with Crippen LogP contribution in [-0.4, -0.2) is 74.9 Å². The lowest BCUT2D eigenvalue weighted by Gasteiger charge is -2.24. The molecule has 0 saturated heterocycles. The van der Waals surface area contributed by atoms with Gasteiger partial charge in [-0.3, -0.25) is 18.6 Å². The van der Waals surface area contributed by atoms with E-state index in [1.807, 2.05) is 34.1 Å². The lowest BCUT2D eigenvalue weighted by molar-refractivity contribution is -0.870. The molecule has 1 unspecified atom stereocenters. The molecule has 0 aromatic carbocycles. The number of hydrogen-bond acceptors (Lipinski definition) is 7. The van der Waals surface area contributed by atoms with Crippen molar-refractivity contribution in [2.75, 3.05) is 47.5 Å². The Kier molecular flexibility index (Phi) is 23.6. The van der Waals surface area contributed by atoms with Gasteiger partial charge in [-0.15, -0.1) is 0 Å². The number of phosphoric acid groups is 1. The van der Waals surface area contributed by atoms with Gasteiger partial charge in [0.15, 0.2) is 6.10 Å². The molecule has 2 atom stereocenters. The number of quaternary nitrogens is 1. The number of allylic oxidation sites excluding steroid dienone is 1. The molecule has 0 fully saturated rings. The van der Waals surface area contributed by atoms with Crippen molar-refractivity contribution >= 4 is 19.8 Å². The lowest BCUT2D eigenvalue weighted by atomic mass is 10.0. The molecule has 10 heteroatoms. The largest absolute Gasteiger partial charge is 0.472 e. The number of nitrogens with zero attached hydrogens (tertiary/aromatic N) is 1. The highest BCUT2D eigenvalue weighted by Gasteiger charge is 2.26. The van der Waals surface area contributed by atoms with Gasteiger partial charge in [0.2, 0.25) is 0 Å². The standard InChI is InChI=1S/C30H58NO8P/c1-6-8-10-11-12-13-14-15-16-17-18-19-21-22-29(32)36-26-28(39-30(33)23-20-9-7-2)27-38-40(34,35)37-25-24-31(3,4)5/h9,20,28H,6-8,10-19,21-27H2,1-5H3/p+1/b20-9-/t28-/m1/s1. The van der Waals surface area contributed by atoms with Crippen molar-refractivity contribution < 1.29 is 42.1 Å². The fourth-order valence-electron chi connectivity index (χ4n) is 3.89. The SMILES string of the molecule is CC/C=C\CC(=O)O[C@H](COC(=O)CCCCCCCCCCCCCCC)COP(=O)(O)OCC[N+](C)(C)C. The molecule has 0 aliphatic rings. The molecule has 0 heterocycles. The molecule has 0 aliphatic heterocycles. The molecule has 40 heavy (non-hydrogen) atoms. The number of likely N-dealkylation sites (N-methyl/N-ethyl adjacent to an activating group) is 1. The summed E-state index contributed by atoms with van der Waals surface area (Å²) in [6, 6.07) is 0. The van der Waals surface area contributed by atoms with Crippen LogP contribution in [0.1, 0.15) is 117 Å². The summed E-state index contributed by atoms with van der Waals surface area (Å²) in [6.45, 7) is 4.05. The minimum absolute atomic E-state index is 0.0255. The molecule has 1 N–H and O–H groups in total. The molecule has 0 saturated carbocycles. The van der Waals surface area contributed by atoms with E-state index in [9.17, 15) is 19.0 Å². The minimum Gasteiger partial charge on any atom is -0.462 e. The van der Waals surface area contributed by atoms with Crippen molar-refractivity contribution in [2.45, 2.75) is 123 Å². The second-order valence-corrected chi connectivity index (χ2v) is 12.9. The van der Waals surface area contributed by atoms with Gasteiger partial charge < -0.3 is 18.9 Å². The van der Waals surface area contributed by atoms with E-state index in [-0.39, 0.29) is 32.0 Å². The van der Waals surface area contributed by atoms with Crippen LogP contribution in [-0.2, 0) is 32.7 Å². The Hall–Kier alpha value is -1.25. The van der Waals surface area contributed by atoms with Gasteiger partial charge in [0.1, 0.15) is 19.8 Å². The zero-order valence-corrected chi connectivity index (χ0v) is 27.0. The molecule has 9 nitrogen and oxygen atoms in total. The Morgan fingerprint density at radius 2 is 1.32 bits per heavy atom. The number of esters is 2. The number of rotatable bonds is 27. The zero-order valence-electron chi connectivity index (χ0n) is 26.1. The summed E-state index contributed by atoms with van der Waals surface area (Å²) in [4.78, 5) is 34.4. The molecular weight excluding hydrogens is 533 g/mol. The summed E-state index contributed by atoms with van der Waals surface area (Å²) in [5.74, 6) is -0.925. The fourth-order valence-corrected chi connectivity index (χ4v) is 4.63. The maximum atomic E-state index is 12.2. The number of carbonyl (C=O) groups is 2. The van der Waals surface area contributed by atoms with Gasteiger partial charge in [-0.2, -0.15) is 0 Å². The number of hydrogen-bond donors (Lipinski definition) is 1. The quantitative estimate of drug-likeness (QED) is 0.0353. The number of carbonyl (C=O) groups excluding carboxylic acids is 2. The van der Waals surface area contributed by atoms with Crippen molar-refractivity contribution in [3.63, 3.8) is 0 Å². The van der Waals surface area contributed by atoms with Crippen LogP contribution in [0.5, 0.6) is 0 Å². The molecule has 0 amide bonds. The van der Waals surface area contributed by atoms with E-state index in [4.69, 9.17) is 18.5 Å². The van der Waals surface area contributed by atoms with Gasteiger partial charge in [0.25, 0.3) is 0 Å². The number of ether oxygens (including phenoxy) is 2. The summed E-state index contributed by atoms with van der Waals surface area (Å²) < 4.78 is 33.5. The van der Waals surface area contributed by atoms with E-state index in [1.54, 1.807) is 6.08 Å². The molecule has 0 aliphatic carbocycles. The van der Waals surface area contributed by atoms with Crippen molar-refractivity contribution in [1.82, 2.24) is 0 Å². The highest BCUT2D eigenvalue weighted by molar-refractivity contribution is 7.47. The molecule has 0 spiro atoms. The Morgan fingerprint density at radius 3 is 1.85 bits per heavy atom. The molecule has 0 bridgehead atoms. The monoisotopic (exact) mass is 592 g/mol. The smallest absolute Gasteiger partial charge is 0.462 e. The average Bonchev–Trinajstić information content (AvgIpc) is 2.87. The Morgan fingerprint density at radius 1 is 0.775 bits per heavy atom. The fraction of sp³-hybridized carbons (Fsp3) is 0.867. The normalized spacial score (nSPS) is 14.2. The first-order chi connectivity index (χ1) is 19.0. The van der Waals surface area contributed by atoms with Gasteiger partial charge in [0, 0.05) is 6.42 Å². The minimum atomic E-state index is -4.35. The highest BCUT2D eigenvalue weighted by Crippen LogP contribution is 2.43. The summed E-state index contributed by atoms with van der Waals surface area (Å²) in [5, 5.41) is 0. The molecule has 0 aromatic heterocycles. The molecule has 236 valence electrons. The second kappa shape index (κ2) is 24.4. The molecule has 0 rings (SSSR count). The van der Waals surface area contributed by atoms with E-state index < -0.39 is 26.5 Å². The van der Waals surface area contributed by atoms with Crippen LogP contribution in [0.4, 0.5) is 0 Å². The zero-order chi connectivity index (χ0) is 30.1. The summed E-state index contributed by atoms with van der Waals surface area (Å²) >= 11 is 0. The number of unbranched alkanes of at least 4 members (excludes halogenated alkanes) is 12. The lowest BCUT2D eigenvalue weighted by Crippen LogP contribution is -2.37. The predicted molar refractivity (Wildman–Crippen MR) is 160 cm³/mol. The third-order valence-corrected chi connectivity index (χ3v) is 7.32. The number of phosphoric ester groups is 1. The van der Waals surface area contributed by atoms with Gasteiger partial charge in [0.05, 0.1) is 34.2 Å². The first kappa shape index (κ1) is 38.8. The maximum absolute atomic E-state index is 12.2. The van der Waals surface area contributed by atoms with Crippen LogP contribution in [0.15, 0.2) is 12.2 Å². The van der Waals surface area contributed by atoms with Crippen LogP contribution in [0, 0.1) is 0 Å². The summed E-state index contributed by atoms with van der Waals surface area (Å²) in [6.07, 6.45) is 19.5. The first-order valence-corrected chi connectivity index (χ1v) is 16.9. The van der Waals surface area contributed by atoms with E-state index in [0.717, 1.165) is 25.7 Å². The summed E-state index contributed by atoms with van der Waals surface area (Å²) in [7, 11) is 1.45. The average molecular weight is 593 g/mol. The van der Waals surface area contributed by atoms with Gasteiger partial charge in [-0.05, 0) is 12.8 Å². The van der Waals surface area contributed by atoms with Crippen LogP contribution in [0.3, 0.4) is 0 Å². The van der Waals surface area contributed by atoms with Gasteiger partial charge in [-0.25, -0.2) is 4.57 Å². The van der Waals surface area contributed by atoms with Crippen molar-refractivity contribution in [2.24, 2.45) is 0 Å². The van der Waals surface area contributed by atoms with Crippen LogP contribution < -0.4 is 0 Å². The van der Waals surface area contributed by atoms with Crippen LogP contribution in [0.2, 0.25) is 0 Å². The van der Waals surface area contributed by atoms with Gasteiger partial charge in [-0.1, -0.05) is 103 Å². The van der Waals surface area contributed by atoms with E-state index in [2.05, 4.69) is 6.92 Å². The summed E-state index contributed by atoms with van der Waals surface area (Å²) in [5.41, 5.74) is 0. The molecule has 0 aromatic rings. The van der Waals surface area contributed by atoms with E-state index in [1.165, 1.54) is 64.2 Å². The van der Waals surface area contributed by atoms with Gasteiger partial charge >= 0.3 is 19.8 Å². The van der Waals surface area contributed by atoms with Crippen molar-refractivity contribution in [1.29, 1.82) is 0 Å². The molecular formula is C30H59NO8P+. The Labute approximate surface area is 244 Å². The third kappa shape index (κ3) is 26.9. The Balaban J connectivity index is 4.29. The van der Waals surface area contributed by atoms with Crippen molar-refractivity contribution in [3.8, 4) is 0 Å². The Bertz CT molecular complexity index is 723. The van der Waals surface area contributed by atoms with E-state index >= 15 is 0 Å². The third-order valence-electron chi connectivity index (χ3n) is 6.34. The molecule has 0 radical (unpaired) electrons. The van der Waals surface area contributed by atoms with Crippen LogP contribution in [0.25, 0.3) is 0 Å². The topological polar surface area (TPSA) is 108 Å². The second-order valence-electron chi connectivity index (χ2n) is 11.5. The van der Waals surface area contributed by atoms with Crippen LogP contribution >= 0.6 is 7.82 Å². The van der Waals surface area contributed by atoms with Crippen molar-refractivity contribution in [3.05, 3.63) is 12.2 Å².